The highest BCUT2D eigenvalue weighted by Crippen LogP contribution is 2.30. The van der Waals surface area contributed by atoms with Crippen LogP contribution in [-0.4, -0.2) is 13.7 Å². The lowest BCUT2D eigenvalue weighted by Gasteiger charge is -2.06. The zero-order valence-corrected chi connectivity index (χ0v) is 10.0. The Morgan fingerprint density at radius 3 is 2.87 bits per heavy atom. The lowest BCUT2D eigenvalue weighted by molar-refractivity contribution is 0.410. The number of hydrogen-bond donors (Lipinski definition) is 1. The molecule has 0 radical (unpaired) electrons. The molecule has 1 aromatic carbocycles. The summed E-state index contributed by atoms with van der Waals surface area (Å²) in [5, 5.41) is 1.03. The first-order chi connectivity index (χ1) is 7.24. The maximum atomic E-state index is 5.54. The van der Waals surface area contributed by atoms with E-state index in [4.69, 9.17) is 14.9 Å². The van der Waals surface area contributed by atoms with Gasteiger partial charge in [0, 0.05) is 5.39 Å². The zero-order valence-electron chi connectivity index (χ0n) is 8.42. The van der Waals surface area contributed by atoms with Gasteiger partial charge in [0.25, 0.3) is 0 Å². The van der Waals surface area contributed by atoms with E-state index in [-0.39, 0.29) is 0 Å². The average Bonchev–Trinajstić information content (AvgIpc) is 2.56. The fourth-order valence-corrected chi connectivity index (χ4v) is 2.04. The Bertz CT molecular complexity index is 479. The van der Waals surface area contributed by atoms with Crippen LogP contribution in [0.1, 0.15) is 5.56 Å². The van der Waals surface area contributed by atoms with Gasteiger partial charge in [-0.05, 0) is 52.7 Å². The monoisotopic (exact) mass is 269 g/mol. The third-order valence-corrected chi connectivity index (χ3v) is 2.69. The lowest BCUT2D eigenvalue weighted by atomic mass is 10.1. The molecule has 0 aliphatic carbocycles. The van der Waals surface area contributed by atoms with Gasteiger partial charge < -0.3 is 14.9 Å². The van der Waals surface area contributed by atoms with E-state index in [9.17, 15) is 0 Å². The number of ether oxygens (including phenoxy) is 1. The summed E-state index contributed by atoms with van der Waals surface area (Å²) in [6.07, 6.45) is 0.789. The average molecular weight is 270 g/mol. The molecular weight excluding hydrogens is 258 g/mol. The molecule has 0 atom stereocenters. The van der Waals surface area contributed by atoms with Crippen LogP contribution in [0.2, 0.25) is 0 Å². The van der Waals surface area contributed by atoms with Crippen molar-refractivity contribution >= 4 is 26.9 Å². The fourth-order valence-electron chi connectivity index (χ4n) is 1.62. The van der Waals surface area contributed by atoms with Crippen molar-refractivity contribution in [2.45, 2.75) is 6.42 Å². The minimum Gasteiger partial charge on any atom is -0.496 e. The second-order valence-corrected chi connectivity index (χ2v) is 4.07. The van der Waals surface area contributed by atoms with Gasteiger partial charge in [-0.3, -0.25) is 0 Å². The van der Waals surface area contributed by atoms with Crippen molar-refractivity contribution < 1.29 is 9.15 Å². The minimum atomic E-state index is 0.601. The van der Waals surface area contributed by atoms with E-state index in [1.54, 1.807) is 7.11 Å². The number of benzene rings is 1. The van der Waals surface area contributed by atoms with E-state index in [2.05, 4.69) is 15.9 Å². The summed E-state index contributed by atoms with van der Waals surface area (Å²) in [6, 6.07) is 5.87. The first kappa shape index (κ1) is 10.5. The van der Waals surface area contributed by atoms with Gasteiger partial charge in [-0.25, -0.2) is 0 Å². The van der Waals surface area contributed by atoms with Crippen molar-refractivity contribution in [3.05, 3.63) is 28.4 Å². The second kappa shape index (κ2) is 4.24. The Kier molecular flexibility index (Phi) is 2.98. The summed E-state index contributed by atoms with van der Waals surface area (Å²) in [5.41, 5.74) is 7.47. The molecule has 2 aromatic rings. The summed E-state index contributed by atoms with van der Waals surface area (Å²) < 4.78 is 11.5. The molecule has 80 valence electrons. The van der Waals surface area contributed by atoms with E-state index in [0.29, 0.717) is 6.54 Å². The predicted octanol–water partition coefficient (Wildman–Crippen LogP) is 2.71. The van der Waals surface area contributed by atoms with Crippen molar-refractivity contribution in [3.63, 3.8) is 0 Å². The first-order valence-corrected chi connectivity index (χ1v) is 5.50. The highest BCUT2D eigenvalue weighted by molar-refractivity contribution is 9.10. The van der Waals surface area contributed by atoms with Crippen LogP contribution in [0.4, 0.5) is 0 Å². The predicted molar refractivity (Wildman–Crippen MR) is 63.2 cm³/mol. The van der Waals surface area contributed by atoms with Crippen LogP contribution in [0.15, 0.2) is 27.3 Å². The van der Waals surface area contributed by atoms with Gasteiger partial charge in [0.2, 0.25) is 0 Å². The van der Waals surface area contributed by atoms with Crippen molar-refractivity contribution in [2.24, 2.45) is 5.73 Å². The van der Waals surface area contributed by atoms with Crippen LogP contribution >= 0.6 is 15.9 Å². The van der Waals surface area contributed by atoms with Crippen molar-refractivity contribution in [1.82, 2.24) is 0 Å². The van der Waals surface area contributed by atoms with Crippen LogP contribution in [0, 0.1) is 0 Å². The highest BCUT2D eigenvalue weighted by atomic mass is 79.9. The maximum Gasteiger partial charge on any atom is 0.170 e. The Hall–Kier alpha value is -1.00. The molecule has 2 rings (SSSR count). The summed E-state index contributed by atoms with van der Waals surface area (Å²) in [4.78, 5) is 0. The molecule has 15 heavy (non-hydrogen) atoms. The molecule has 2 N–H and O–H groups in total. The Labute approximate surface area is 96.3 Å². The first-order valence-electron chi connectivity index (χ1n) is 4.70. The number of halogens is 1. The normalized spacial score (nSPS) is 10.9. The van der Waals surface area contributed by atoms with Gasteiger partial charge in [0.1, 0.15) is 11.3 Å². The highest BCUT2D eigenvalue weighted by Gasteiger charge is 2.08. The maximum absolute atomic E-state index is 5.54. The van der Waals surface area contributed by atoms with Crippen LogP contribution < -0.4 is 10.5 Å². The van der Waals surface area contributed by atoms with Gasteiger partial charge in [-0.2, -0.15) is 0 Å². The van der Waals surface area contributed by atoms with Crippen molar-refractivity contribution in [1.29, 1.82) is 0 Å². The number of furan rings is 1. The summed E-state index contributed by atoms with van der Waals surface area (Å²) in [6.45, 7) is 0.601. The Balaban J connectivity index is 2.57. The van der Waals surface area contributed by atoms with Gasteiger partial charge in [0.15, 0.2) is 4.67 Å². The van der Waals surface area contributed by atoms with E-state index < -0.39 is 0 Å². The topological polar surface area (TPSA) is 48.4 Å². The SMILES string of the molecule is COc1cc2cc(Br)oc2cc1CCN. The van der Waals surface area contributed by atoms with Crippen LogP contribution in [0.5, 0.6) is 5.75 Å². The lowest BCUT2D eigenvalue weighted by Crippen LogP contribution is -2.04. The second-order valence-electron chi connectivity index (χ2n) is 3.29. The number of rotatable bonds is 3. The summed E-state index contributed by atoms with van der Waals surface area (Å²) in [5.74, 6) is 0.862. The third kappa shape index (κ3) is 2.01. The van der Waals surface area contributed by atoms with E-state index in [1.807, 2.05) is 18.2 Å². The van der Waals surface area contributed by atoms with Crippen LogP contribution in [-0.2, 0) is 6.42 Å². The van der Waals surface area contributed by atoms with Crippen molar-refractivity contribution in [3.8, 4) is 5.75 Å². The van der Waals surface area contributed by atoms with E-state index in [1.165, 1.54) is 0 Å². The van der Waals surface area contributed by atoms with E-state index >= 15 is 0 Å². The Morgan fingerprint density at radius 1 is 1.40 bits per heavy atom. The molecule has 0 aliphatic rings. The van der Waals surface area contributed by atoms with Gasteiger partial charge >= 0.3 is 0 Å². The molecule has 1 aromatic heterocycles. The van der Waals surface area contributed by atoms with E-state index in [0.717, 1.165) is 33.4 Å². The molecule has 3 nitrogen and oxygen atoms in total. The molecule has 0 fully saturated rings. The molecule has 0 amide bonds. The quantitative estimate of drug-likeness (QED) is 0.932. The molecule has 1 heterocycles. The molecule has 0 saturated heterocycles. The zero-order chi connectivity index (χ0) is 10.8. The molecule has 0 saturated carbocycles. The minimum absolute atomic E-state index is 0.601. The Morgan fingerprint density at radius 2 is 2.20 bits per heavy atom. The molecule has 0 bridgehead atoms. The molecule has 0 aliphatic heterocycles. The standard InChI is InChI=1S/C11H12BrNO2/c1-14-9-5-8-6-11(12)15-10(8)4-7(9)2-3-13/h4-6H,2-3,13H2,1H3. The van der Waals surface area contributed by atoms with Crippen LogP contribution in [0.25, 0.3) is 11.0 Å². The van der Waals surface area contributed by atoms with Gasteiger partial charge in [0.05, 0.1) is 7.11 Å². The van der Waals surface area contributed by atoms with Crippen LogP contribution in [0.3, 0.4) is 0 Å². The van der Waals surface area contributed by atoms with Gasteiger partial charge in [-0.15, -0.1) is 0 Å². The number of fused-ring (bicyclic) bond motifs is 1. The number of hydrogen-bond acceptors (Lipinski definition) is 3. The number of methoxy groups -OCH3 is 1. The van der Waals surface area contributed by atoms with Crippen molar-refractivity contribution in [2.75, 3.05) is 13.7 Å². The summed E-state index contributed by atoms with van der Waals surface area (Å²) >= 11 is 3.30. The molecule has 0 spiro atoms. The molecule has 4 heteroatoms. The smallest absolute Gasteiger partial charge is 0.170 e. The molecular formula is C11H12BrNO2. The van der Waals surface area contributed by atoms with Gasteiger partial charge in [-0.1, -0.05) is 0 Å². The third-order valence-electron chi connectivity index (χ3n) is 2.30. The number of nitrogens with two attached hydrogens (primary N) is 1. The largest absolute Gasteiger partial charge is 0.496 e. The molecule has 0 unspecified atom stereocenters. The summed E-state index contributed by atoms with van der Waals surface area (Å²) in [7, 11) is 1.66. The fraction of sp³-hybridized carbons (Fsp3) is 0.273.